The second kappa shape index (κ2) is 78.9. The van der Waals surface area contributed by atoms with E-state index in [2.05, 4.69) is 76.3 Å². The van der Waals surface area contributed by atoms with Gasteiger partial charge in [-0.05, 0) is 128 Å². The molecule has 0 aliphatic heterocycles. The molecule has 1 N–H and O–H groups in total. The molecule has 0 aliphatic rings. The molecule has 0 aliphatic carbocycles. The molecule has 0 saturated carbocycles. The van der Waals surface area contributed by atoms with E-state index in [-0.39, 0.29) is 11.9 Å². The molecule has 496 valence electrons. The van der Waals surface area contributed by atoms with Gasteiger partial charge in [-0.15, -0.1) is 0 Å². The molecular formula is C80H152O4. The van der Waals surface area contributed by atoms with Gasteiger partial charge in [0.15, 0.2) is 0 Å². The van der Waals surface area contributed by atoms with Gasteiger partial charge >= 0.3 is 11.9 Å². The van der Waals surface area contributed by atoms with Gasteiger partial charge in [-0.25, -0.2) is 0 Å². The summed E-state index contributed by atoms with van der Waals surface area (Å²) in [5, 5.41) is 9.63. The Bertz CT molecular complexity index is 1340. The highest BCUT2D eigenvalue weighted by molar-refractivity contribution is 5.70. The van der Waals surface area contributed by atoms with Crippen molar-refractivity contribution in [2.45, 2.75) is 439 Å². The number of hydrogen-bond acceptors (Lipinski definition) is 3. The number of esters is 1. The van der Waals surface area contributed by atoms with Crippen LogP contribution in [0.3, 0.4) is 0 Å². The summed E-state index contributed by atoms with van der Waals surface area (Å²) < 4.78 is 5.45. The number of allylic oxidation sites excluding steroid dienone is 8. The zero-order chi connectivity index (χ0) is 61.1. The number of carboxylic acid groups (broad SMARTS) is 1. The van der Waals surface area contributed by atoms with Gasteiger partial charge in [-0.2, -0.15) is 0 Å². The highest BCUT2D eigenvalue weighted by atomic mass is 16.5. The van der Waals surface area contributed by atoms with Gasteiger partial charge in [0.2, 0.25) is 0 Å². The van der Waals surface area contributed by atoms with E-state index in [9.17, 15) is 14.7 Å². The topological polar surface area (TPSA) is 63.6 Å². The van der Waals surface area contributed by atoms with Crippen LogP contribution < -0.4 is 0 Å². The smallest absolute Gasteiger partial charge is 0.306 e. The van der Waals surface area contributed by atoms with Gasteiger partial charge in [0.1, 0.15) is 0 Å². The number of carbonyl (C=O) groups excluding carboxylic acids is 1. The molecule has 0 saturated heterocycles. The Morgan fingerprint density at radius 2 is 0.452 bits per heavy atom. The van der Waals surface area contributed by atoms with Crippen LogP contribution in [-0.2, 0) is 14.3 Å². The van der Waals surface area contributed by atoms with E-state index >= 15 is 0 Å². The third kappa shape index (κ3) is 77.9. The maximum atomic E-state index is 12.0. The molecule has 1 atom stereocenters. The van der Waals surface area contributed by atoms with Gasteiger partial charge in [-0.1, -0.05) is 352 Å². The molecule has 4 nitrogen and oxygen atoms in total. The van der Waals surface area contributed by atoms with Gasteiger partial charge in [0, 0.05) is 6.42 Å². The predicted molar refractivity (Wildman–Crippen MR) is 377 cm³/mol. The van der Waals surface area contributed by atoms with Crippen LogP contribution in [-0.4, -0.2) is 23.7 Å². The van der Waals surface area contributed by atoms with Crippen molar-refractivity contribution < 1.29 is 19.4 Å². The van der Waals surface area contributed by atoms with E-state index in [1.165, 1.54) is 366 Å². The fourth-order valence-corrected chi connectivity index (χ4v) is 11.7. The van der Waals surface area contributed by atoms with Crippen molar-refractivity contribution in [3.8, 4) is 0 Å². The molecule has 4 heteroatoms. The van der Waals surface area contributed by atoms with Gasteiger partial charge in [0.05, 0.1) is 12.5 Å². The van der Waals surface area contributed by atoms with Crippen molar-refractivity contribution in [1.29, 1.82) is 0 Å². The Balaban J connectivity index is 0. The van der Waals surface area contributed by atoms with Gasteiger partial charge in [-0.3, -0.25) is 9.59 Å². The monoisotopic (exact) mass is 1180 g/mol. The molecule has 0 fully saturated rings. The standard InChI is InChI=1S/2C40H76O2/c1-3-5-7-9-11-13-15-17-19-21-22-23-24-26-28-30-32-34-36-38-40(41)42-39-37-35-33-31-29-27-25-20-18-16-14-12-10-8-6-4-2;1-3-5-7-9-11-13-15-17-19-21-22-24-26-28-30-32-34-36-38-39(40(41)42)37-35-33-31-29-27-25-23-20-18-16-14-12-10-8-6-4-2/h17-20H,3-16,21-39H2,1-2H3;17-20,39H,3-16,21-38H2,1-2H3,(H,41,42)/b2*19-17-,20-18-. The van der Waals surface area contributed by atoms with Crippen LogP contribution in [0.25, 0.3) is 0 Å². The summed E-state index contributed by atoms with van der Waals surface area (Å²) in [7, 11) is 0. The molecule has 0 spiro atoms. The van der Waals surface area contributed by atoms with E-state index in [4.69, 9.17) is 4.74 Å². The quantitative estimate of drug-likeness (QED) is 0.0374. The van der Waals surface area contributed by atoms with E-state index in [1.807, 2.05) is 0 Å². The fourth-order valence-electron chi connectivity index (χ4n) is 11.7. The Morgan fingerprint density at radius 1 is 0.262 bits per heavy atom. The summed E-state index contributed by atoms with van der Waals surface area (Å²) in [6.07, 6.45) is 102. The lowest BCUT2D eigenvalue weighted by molar-refractivity contribution is -0.144. The predicted octanol–water partition coefficient (Wildman–Crippen LogP) is 28.5. The van der Waals surface area contributed by atoms with Crippen molar-refractivity contribution in [3.05, 3.63) is 48.6 Å². The van der Waals surface area contributed by atoms with Crippen molar-refractivity contribution in [3.63, 3.8) is 0 Å². The Labute approximate surface area is 528 Å². The molecule has 0 radical (unpaired) electrons. The van der Waals surface area contributed by atoms with Gasteiger partial charge in [0.25, 0.3) is 0 Å². The first kappa shape index (κ1) is 84.0. The fraction of sp³-hybridized carbons (Fsp3) is 0.875. The van der Waals surface area contributed by atoms with Gasteiger partial charge < -0.3 is 9.84 Å². The number of hydrogen-bond donors (Lipinski definition) is 1. The molecule has 0 bridgehead atoms. The normalized spacial score (nSPS) is 12.2. The highest BCUT2D eigenvalue weighted by Gasteiger charge is 2.16. The maximum Gasteiger partial charge on any atom is 0.306 e. The third-order valence-corrected chi connectivity index (χ3v) is 17.5. The zero-order valence-corrected chi connectivity index (χ0v) is 57.8. The van der Waals surface area contributed by atoms with Crippen molar-refractivity contribution in [2.24, 2.45) is 5.92 Å². The number of carboxylic acids is 1. The minimum Gasteiger partial charge on any atom is -0.481 e. The van der Waals surface area contributed by atoms with Crippen LogP contribution in [0.2, 0.25) is 0 Å². The molecule has 0 aromatic heterocycles. The minimum absolute atomic E-state index is 0.0174. The lowest BCUT2D eigenvalue weighted by Crippen LogP contribution is -2.13. The summed E-state index contributed by atoms with van der Waals surface area (Å²) in [4.78, 5) is 23.6. The Hall–Kier alpha value is -2.10. The summed E-state index contributed by atoms with van der Waals surface area (Å²) in [5.74, 6) is -0.663. The average molecular weight is 1180 g/mol. The molecule has 0 heterocycles. The van der Waals surface area contributed by atoms with E-state index in [0.29, 0.717) is 13.0 Å². The van der Waals surface area contributed by atoms with Crippen LogP contribution in [0, 0.1) is 5.92 Å². The van der Waals surface area contributed by atoms with Crippen LogP contribution in [0.1, 0.15) is 439 Å². The van der Waals surface area contributed by atoms with E-state index < -0.39 is 5.97 Å². The van der Waals surface area contributed by atoms with Crippen LogP contribution >= 0.6 is 0 Å². The van der Waals surface area contributed by atoms with Crippen LogP contribution in [0.4, 0.5) is 0 Å². The number of aliphatic carboxylic acids is 1. The lowest BCUT2D eigenvalue weighted by Gasteiger charge is -2.12. The lowest BCUT2D eigenvalue weighted by atomic mass is 9.94. The Morgan fingerprint density at radius 3 is 0.679 bits per heavy atom. The van der Waals surface area contributed by atoms with Crippen molar-refractivity contribution in [1.82, 2.24) is 0 Å². The number of unbranched alkanes of at least 4 members (excludes halogenated alkanes) is 53. The molecule has 0 rings (SSSR count). The van der Waals surface area contributed by atoms with E-state index in [1.54, 1.807) is 0 Å². The number of ether oxygens (including phenoxy) is 1. The van der Waals surface area contributed by atoms with Crippen molar-refractivity contribution in [2.75, 3.05) is 6.61 Å². The summed E-state index contributed by atoms with van der Waals surface area (Å²) in [6.45, 7) is 9.74. The zero-order valence-electron chi connectivity index (χ0n) is 57.8. The molecule has 1 unspecified atom stereocenters. The molecular weight excluding hydrogens is 1020 g/mol. The average Bonchev–Trinajstić information content (AvgIpc) is 3.49. The SMILES string of the molecule is CCCCCCCC/C=C\CCCCCCCCCCC(CCCCCCCC/C=C\CCCCCCCC)C(=O)O.CCCCCCCC/C=C\CCCCCCCCCCCC(=O)OCCCCCCCC/C=C\CCCCCCCC. The second-order valence-corrected chi connectivity index (χ2v) is 26.1. The summed E-state index contributed by atoms with van der Waals surface area (Å²) in [5.41, 5.74) is 0. The molecule has 0 aromatic rings. The van der Waals surface area contributed by atoms with Crippen LogP contribution in [0.15, 0.2) is 48.6 Å². The maximum absolute atomic E-state index is 12.0. The van der Waals surface area contributed by atoms with Crippen LogP contribution in [0.5, 0.6) is 0 Å². The first-order valence-electron chi connectivity index (χ1n) is 38.5. The highest BCUT2D eigenvalue weighted by Crippen LogP contribution is 2.21. The second-order valence-electron chi connectivity index (χ2n) is 26.1. The minimum atomic E-state index is -0.566. The first-order chi connectivity index (χ1) is 41.5. The first-order valence-corrected chi connectivity index (χ1v) is 38.5. The summed E-state index contributed by atoms with van der Waals surface area (Å²) in [6, 6.07) is 0. The number of rotatable bonds is 70. The Kier molecular flexibility index (Phi) is 78.9. The van der Waals surface area contributed by atoms with Crippen molar-refractivity contribution >= 4 is 11.9 Å². The largest absolute Gasteiger partial charge is 0.481 e. The molecule has 0 amide bonds. The number of carbonyl (C=O) groups is 2. The summed E-state index contributed by atoms with van der Waals surface area (Å²) >= 11 is 0. The third-order valence-electron chi connectivity index (χ3n) is 17.5. The van der Waals surface area contributed by atoms with E-state index in [0.717, 1.165) is 38.5 Å². The molecule has 84 heavy (non-hydrogen) atoms. The molecule has 0 aromatic carbocycles.